The minimum atomic E-state index is -0.382. The monoisotopic (exact) mass is 445 g/mol. The fourth-order valence-electron chi connectivity index (χ4n) is 2.99. The molecule has 0 saturated carbocycles. The van der Waals surface area contributed by atoms with Crippen molar-refractivity contribution in [1.29, 1.82) is 0 Å². The second-order valence-corrected chi connectivity index (χ2v) is 7.97. The summed E-state index contributed by atoms with van der Waals surface area (Å²) in [6, 6.07) is 11.7. The van der Waals surface area contributed by atoms with E-state index in [-0.39, 0.29) is 30.7 Å². The van der Waals surface area contributed by atoms with Gasteiger partial charge in [0.2, 0.25) is 5.91 Å². The molecular weight excluding hydrogens is 433 g/mol. The van der Waals surface area contributed by atoms with Gasteiger partial charge in [-0.3, -0.25) is 19.3 Å². The minimum absolute atomic E-state index is 0.000571. The second-order valence-electron chi connectivity index (χ2n) is 6.27. The lowest BCUT2D eigenvalue weighted by molar-refractivity contribution is -0.116. The maximum Gasteiger partial charge on any atom is 0.261 e. The number of aromatic nitrogens is 1. The molecule has 1 aliphatic heterocycles. The number of hydrogen-bond acceptors (Lipinski definition) is 5. The second kappa shape index (κ2) is 7.94. The number of imide groups is 1. The van der Waals surface area contributed by atoms with E-state index in [1.807, 2.05) is 0 Å². The SMILES string of the molecule is O=C(CCN1C(=O)c2ccccc2C1=O)Nc1nc(-c2ccc(Cl)cc2Cl)cs1. The van der Waals surface area contributed by atoms with Crippen molar-refractivity contribution in [2.24, 2.45) is 0 Å². The zero-order valence-electron chi connectivity index (χ0n) is 14.8. The average Bonchev–Trinajstić information content (AvgIpc) is 3.24. The van der Waals surface area contributed by atoms with Crippen LogP contribution in [0.1, 0.15) is 27.1 Å². The summed E-state index contributed by atoms with van der Waals surface area (Å²) < 4.78 is 0. The van der Waals surface area contributed by atoms with Crippen LogP contribution in [-0.2, 0) is 4.79 Å². The Morgan fingerprint density at radius 1 is 1.03 bits per heavy atom. The molecule has 1 aromatic heterocycles. The van der Waals surface area contributed by atoms with Gasteiger partial charge in [-0.25, -0.2) is 4.98 Å². The lowest BCUT2D eigenvalue weighted by Crippen LogP contribution is -2.32. The third kappa shape index (κ3) is 3.89. The first kappa shape index (κ1) is 19.6. The van der Waals surface area contributed by atoms with Crippen molar-refractivity contribution in [3.8, 4) is 11.3 Å². The number of rotatable bonds is 5. The molecule has 29 heavy (non-hydrogen) atoms. The Morgan fingerprint density at radius 2 is 1.72 bits per heavy atom. The van der Waals surface area contributed by atoms with Crippen molar-refractivity contribution in [2.75, 3.05) is 11.9 Å². The summed E-state index contributed by atoms with van der Waals surface area (Å²) in [5.41, 5.74) is 2.05. The number of benzene rings is 2. The van der Waals surface area contributed by atoms with Crippen LogP contribution in [0.3, 0.4) is 0 Å². The number of hydrogen-bond donors (Lipinski definition) is 1. The van der Waals surface area contributed by atoms with Gasteiger partial charge in [-0.2, -0.15) is 0 Å². The van der Waals surface area contributed by atoms with Crippen molar-refractivity contribution < 1.29 is 14.4 Å². The quantitative estimate of drug-likeness (QED) is 0.575. The van der Waals surface area contributed by atoms with Gasteiger partial charge in [0.1, 0.15) is 0 Å². The number of thiazole rings is 1. The van der Waals surface area contributed by atoms with Gasteiger partial charge in [0.15, 0.2) is 5.13 Å². The molecule has 4 rings (SSSR count). The van der Waals surface area contributed by atoms with Gasteiger partial charge in [-0.15, -0.1) is 11.3 Å². The standard InChI is InChI=1S/C20H13Cl2N3O3S/c21-11-5-6-14(15(22)9-11)16-10-29-20(23-16)24-17(26)7-8-25-18(27)12-3-1-2-4-13(12)19(25)28/h1-6,9-10H,7-8H2,(H,23,24,26). The van der Waals surface area contributed by atoms with E-state index < -0.39 is 0 Å². The predicted octanol–water partition coefficient (Wildman–Crippen LogP) is 4.74. The van der Waals surface area contributed by atoms with Crippen molar-refractivity contribution in [3.05, 3.63) is 69.0 Å². The van der Waals surface area contributed by atoms with Crippen LogP contribution < -0.4 is 5.32 Å². The van der Waals surface area contributed by atoms with E-state index in [2.05, 4.69) is 10.3 Å². The van der Waals surface area contributed by atoms with Gasteiger partial charge >= 0.3 is 0 Å². The number of anilines is 1. The van der Waals surface area contributed by atoms with Crippen LogP contribution in [0.15, 0.2) is 47.8 Å². The Kier molecular flexibility index (Phi) is 5.36. The fraction of sp³-hybridized carbons (Fsp3) is 0.100. The first-order valence-electron chi connectivity index (χ1n) is 8.60. The van der Waals surface area contributed by atoms with Crippen LogP contribution in [0, 0.1) is 0 Å². The molecule has 0 bridgehead atoms. The molecule has 1 N–H and O–H groups in total. The van der Waals surface area contributed by atoms with Crippen LogP contribution in [0.5, 0.6) is 0 Å². The molecule has 2 heterocycles. The Hall–Kier alpha value is -2.74. The van der Waals surface area contributed by atoms with Crippen LogP contribution in [-0.4, -0.2) is 34.2 Å². The Morgan fingerprint density at radius 3 is 2.38 bits per heavy atom. The normalized spacial score (nSPS) is 13.0. The molecule has 0 radical (unpaired) electrons. The summed E-state index contributed by atoms with van der Waals surface area (Å²) in [5.74, 6) is -1.11. The molecule has 0 fully saturated rings. The lowest BCUT2D eigenvalue weighted by atomic mass is 10.1. The number of amides is 3. The number of nitrogens with one attached hydrogen (secondary N) is 1. The minimum Gasteiger partial charge on any atom is -0.302 e. The molecule has 0 spiro atoms. The van der Waals surface area contributed by atoms with Crippen molar-refractivity contribution in [2.45, 2.75) is 6.42 Å². The third-order valence-corrected chi connectivity index (χ3v) is 5.70. The molecule has 2 aromatic carbocycles. The van der Waals surface area contributed by atoms with Crippen LogP contribution in [0.2, 0.25) is 10.0 Å². The smallest absolute Gasteiger partial charge is 0.261 e. The fourth-order valence-corrected chi connectivity index (χ4v) is 4.22. The summed E-state index contributed by atoms with van der Waals surface area (Å²) in [6.07, 6.45) is -0.0257. The average molecular weight is 446 g/mol. The molecule has 3 amide bonds. The maximum absolute atomic E-state index is 12.3. The van der Waals surface area contributed by atoms with E-state index in [0.29, 0.717) is 37.6 Å². The van der Waals surface area contributed by atoms with E-state index in [1.54, 1.807) is 47.8 Å². The van der Waals surface area contributed by atoms with E-state index in [9.17, 15) is 14.4 Å². The molecule has 6 nitrogen and oxygen atoms in total. The third-order valence-electron chi connectivity index (χ3n) is 4.40. The first-order valence-corrected chi connectivity index (χ1v) is 10.2. The molecule has 0 unspecified atom stereocenters. The van der Waals surface area contributed by atoms with Gasteiger partial charge in [-0.1, -0.05) is 35.3 Å². The number of carbonyl (C=O) groups is 3. The highest BCUT2D eigenvalue weighted by Crippen LogP contribution is 2.32. The van der Waals surface area contributed by atoms with Crippen LogP contribution in [0.4, 0.5) is 5.13 Å². The molecule has 0 atom stereocenters. The Labute approximate surface area is 180 Å². The van der Waals surface area contributed by atoms with Gasteiger partial charge < -0.3 is 5.32 Å². The van der Waals surface area contributed by atoms with Crippen molar-refractivity contribution >= 4 is 57.4 Å². The summed E-state index contributed by atoms with van der Waals surface area (Å²) in [7, 11) is 0. The van der Waals surface area contributed by atoms with Gasteiger partial charge in [0.25, 0.3) is 11.8 Å². The number of fused-ring (bicyclic) bond motifs is 1. The summed E-state index contributed by atoms with van der Waals surface area (Å²) in [6.45, 7) is -0.000571. The molecule has 0 aliphatic carbocycles. The highest BCUT2D eigenvalue weighted by atomic mass is 35.5. The van der Waals surface area contributed by atoms with E-state index >= 15 is 0 Å². The van der Waals surface area contributed by atoms with Crippen LogP contribution >= 0.6 is 34.5 Å². The molecule has 0 saturated heterocycles. The number of halogens is 2. The largest absolute Gasteiger partial charge is 0.302 e. The Bertz CT molecular complexity index is 1110. The van der Waals surface area contributed by atoms with E-state index in [4.69, 9.17) is 23.2 Å². The summed E-state index contributed by atoms with van der Waals surface area (Å²) >= 11 is 13.3. The molecule has 1 aliphatic rings. The van der Waals surface area contributed by atoms with Gasteiger partial charge in [0.05, 0.1) is 21.8 Å². The van der Waals surface area contributed by atoms with E-state index in [1.165, 1.54) is 11.3 Å². The highest BCUT2D eigenvalue weighted by Gasteiger charge is 2.34. The lowest BCUT2D eigenvalue weighted by Gasteiger charge is -2.12. The number of nitrogens with zero attached hydrogens (tertiary/aromatic N) is 2. The summed E-state index contributed by atoms with van der Waals surface area (Å²) in [5, 5.41) is 5.85. The number of carbonyl (C=O) groups excluding carboxylic acids is 3. The molecule has 9 heteroatoms. The van der Waals surface area contributed by atoms with E-state index in [0.717, 1.165) is 4.90 Å². The predicted molar refractivity (Wildman–Crippen MR) is 113 cm³/mol. The highest BCUT2D eigenvalue weighted by molar-refractivity contribution is 7.14. The topological polar surface area (TPSA) is 79.4 Å². The zero-order chi connectivity index (χ0) is 20.5. The molecular formula is C20H13Cl2N3O3S. The van der Waals surface area contributed by atoms with Crippen molar-refractivity contribution in [3.63, 3.8) is 0 Å². The van der Waals surface area contributed by atoms with Gasteiger partial charge in [-0.05, 0) is 30.3 Å². The molecule has 146 valence electrons. The van der Waals surface area contributed by atoms with Crippen LogP contribution in [0.25, 0.3) is 11.3 Å². The zero-order valence-corrected chi connectivity index (χ0v) is 17.1. The van der Waals surface area contributed by atoms with Gasteiger partial charge in [0, 0.05) is 28.9 Å². The first-order chi connectivity index (χ1) is 13.9. The molecule has 3 aromatic rings. The maximum atomic E-state index is 12.3. The Balaban J connectivity index is 1.38. The summed E-state index contributed by atoms with van der Waals surface area (Å²) in [4.78, 5) is 42.4. The van der Waals surface area contributed by atoms with Crippen molar-refractivity contribution in [1.82, 2.24) is 9.88 Å².